The van der Waals surface area contributed by atoms with E-state index < -0.39 is 10.0 Å². The lowest BCUT2D eigenvalue weighted by Gasteiger charge is -2.15. The number of hydrogen-bond donors (Lipinski definition) is 2. The molecule has 2 aromatic rings. The number of sulfonamides is 1. The highest BCUT2D eigenvalue weighted by molar-refractivity contribution is 9.10. The summed E-state index contributed by atoms with van der Waals surface area (Å²) in [4.78, 5) is 12.0. The van der Waals surface area contributed by atoms with Crippen LogP contribution in [0.15, 0.2) is 45.8 Å². The standard InChI is InChI=1S/C19H23BrN2O5S/c1-5-12(2)19(23)21-13-6-9-17(27-4)18(11-13)28(24,25)22-14-7-8-16(26-3)15(20)10-14/h6-12,22H,5H2,1-4H3,(H,21,23). The van der Waals surface area contributed by atoms with E-state index in [1.165, 1.54) is 26.4 Å². The number of hydrogen-bond acceptors (Lipinski definition) is 5. The third kappa shape index (κ3) is 5.17. The number of nitrogens with one attached hydrogen (secondary N) is 2. The van der Waals surface area contributed by atoms with E-state index in [1.807, 2.05) is 6.92 Å². The number of ether oxygens (including phenoxy) is 2. The van der Waals surface area contributed by atoms with E-state index in [2.05, 4.69) is 26.0 Å². The Morgan fingerprint density at radius 3 is 2.25 bits per heavy atom. The molecule has 0 fully saturated rings. The Balaban J connectivity index is 2.36. The number of halogens is 1. The molecule has 0 aliphatic carbocycles. The Labute approximate surface area is 173 Å². The zero-order valence-electron chi connectivity index (χ0n) is 16.1. The minimum atomic E-state index is -3.96. The largest absolute Gasteiger partial charge is 0.496 e. The van der Waals surface area contributed by atoms with E-state index in [9.17, 15) is 13.2 Å². The van der Waals surface area contributed by atoms with Gasteiger partial charge in [0.25, 0.3) is 10.0 Å². The quantitative estimate of drug-likeness (QED) is 0.601. The molecule has 1 atom stereocenters. The Bertz CT molecular complexity index is 963. The Hall–Kier alpha value is -2.26. The summed E-state index contributed by atoms with van der Waals surface area (Å²) in [7, 11) is -1.06. The number of carbonyl (C=O) groups is 1. The first-order chi connectivity index (χ1) is 13.2. The molecule has 0 radical (unpaired) electrons. The van der Waals surface area contributed by atoms with E-state index in [4.69, 9.17) is 9.47 Å². The molecule has 0 saturated heterocycles. The molecular weight excluding hydrogens is 448 g/mol. The molecule has 2 rings (SSSR count). The highest BCUT2D eigenvalue weighted by atomic mass is 79.9. The fourth-order valence-electron chi connectivity index (χ4n) is 2.36. The molecule has 9 heteroatoms. The summed E-state index contributed by atoms with van der Waals surface area (Å²) in [6.07, 6.45) is 0.682. The number of anilines is 2. The van der Waals surface area contributed by atoms with Crippen molar-refractivity contribution in [3.63, 3.8) is 0 Å². The average Bonchev–Trinajstić information content (AvgIpc) is 2.67. The summed E-state index contributed by atoms with van der Waals surface area (Å²) >= 11 is 3.33. The molecule has 0 saturated carbocycles. The molecular formula is C19H23BrN2O5S. The molecule has 7 nitrogen and oxygen atoms in total. The van der Waals surface area contributed by atoms with Gasteiger partial charge in [-0.2, -0.15) is 0 Å². The van der Waals surface area contributed by atoms with Crippen molar-refractivity contribution in [3.8, 4) is 11.5 Å². The van der Waals surface area contributed by atoms with E-state index in [0.29, 0.717) is 28.0 Å². The van der Waals surface area contributed by atoms with Crippen molar-refractivity contribution in [2.45, 2.75) is 25.2 Å². The van der Waals surface area contributed by atoms with Crippen molar-refractivity contribution in [3.05, 3.63) is 40.9 Å². The van der Waals surface area contributed by atoms with Crippen LogP contribution in [0.25, 0.3) is 0 Å². The lowest BCUT2D eigenvalue weighted by atomic mass is 10.1. The number of methoxy groups -OCH3 is 2. The van der Waals surface area contributed by atoms with E-state index in [-0.39, 0.29) is 22.5 Å². The first-order valence-corrected chi connectivity index (χ1v) is 10.8. The number of carbonyl (C=O) groups excluding carboxylic acids is 1. The van der Waals surface area contributed by atoms with Crippen LogP contribution in [0, 0.1) is 5.92 Å². The highest BCUT2D eigenvalue weighted by Crippen LogP contribution is 2.32. The van der Waals surface area contributed by atoms with Crippen LogP contribution in [0.5, 0.6) is 11.5 Å². The highest BCUT2D eigenvalue weighted by Gasteiger charge is 2.22. The van der Waals surface area contributed by atoms with Gasteiger partial charge < -0.3 is 14.8 Å². The molecule has 28 heavy (non-hydrogen) atoms. The first-order valence-electron chi connectivity index (χ1n) is 8.57. The van der Waals surface area contributed by atoms with Gasteiger partial charge in [-0.3, -0.25) is 9.52 Å². The van der Waals surface area contributed by atoms with Crippen molar-refractivity contribution < 1.29 is 22.7 Å². The Morgan fingerprint density at radius 2 is 1.68 bits per heavy atom. The number of rotatable bonds is 8. The van der Waals surface area contributed by atoms with Crippen LogP contribution in [0.4, 0.5) is 11.4 Å². The van der Waals surface area contributed by atoms with Gasteiger partial charge in [0.2, 0.25) is 5.91 Å². The average molecular weight is 471 g/mol. The van der Waals surface area contributed by atoms with Gasteiger partial charge in [0.15, 0.2) is 0 Å². The molecule has 1 amide bonds. The van der Waals surface area contributed by atoms with Crippen LogP contribution in [-0.4, -0.2) is 28.5 Å². The first kappa shape index (κ1) is 22.0. The molecule has 1 unspecified atom stereocenters. The van der Waals surface area contributed by atoms with Gasteiger partial charge in [-0.1, -0.05) is 13.8 Å². The topological polar surface area (TPSA) is 93.7 Å². The van der Waals surface area contributed by atoms with E-state index in [0.717, 1.165) is 0 Å². The van der Waals surface area contributed by atoms with Gasteiger partial charge in [-0.15, -0.1) is 0 Å². The summed E-state index contributed by atoms with van der Waals surface area (Å²) < 4.78 is 39.3. The Kier molecular flexibility index (Phi) is 7.31. The molecule has 2 N–H and O–H groups in total. The summed E-state index contributed by atoms with van der Waals surface area (Å²) in [5, 5.41) is 2.73. The van der Waals surface area contributed by atoms with Gasteiger partial charge >= 0.3 is 0 Å². The van der Waals surface area contributed by atoms with Crippen LogP contribution >= 0.6 is 15.9 Å². The summed E-state index contributed by atoms with van der Waals surface area (Å²) in [5.41, 5.74) is 0.728. The second-order valence-corrected chi connectivity index (χ2v) is 8.62. The maximum atomic E-state index is 12.9. The molecule has 0 spiro atoms. The maximum Gasteiger partial charge on any atom is 0.265 e. The van der Waals surface area contributed by atoms with Gasteiger partial charge in [-0.25, -0.2) is 8.42 Å². The molecule has 0 bridgehead atoms. The van der Waals surface area contributed by atoms with Crippen LogP contribution in [0.3, 0.4) is 0 Å². The molecule has 0 aromatic heterocycles. The van der Waals surface area contributed by atoms with Crippen molar-refractivity contribution >= 4 is 43.2 Å². The monoisotopic (exact) mass is 470 g/mol. The Morgan fingerprint density at radius 1 is 1.07 bits per heavy atom. The summed E-state index contributed by atoms with van der Waals surface area (Å²) in [6, 6.07) is 9.30. The van der Waals surface area contributed by atoms with Crippen molar-refractivity contribution in [2.24, 2.45) is 5.92 Å². The van der Waals surface area contributed by atoms with Crippen molar-refractivity contribution in [2.75, 3.05) is 24.3 Å². The summed E-state index contributed by atoms with van der Waals surface area (Å²) in [5.74, 6) is 0.386. The van der Waals surface area contributed by atoms with Gasteiger partial charge in [0, 0.05) is 11.6 Å². The summed E-state index contributed by atoms with van der Waals surface area (Å²) in [6.45, 7) is 3.71. The third-order valence-electron chi connectivity index (χ3n) is 4.18. The fourth-order valence-corrected chi connectivity index (χ4v) is 4.14. The molecule has 152 valence electrons. The lowest BCUT2D eigenvalue weighted by Crippen LogP contribution is -2.20. The van der Waals surface area contributed by atoms with Crippen LogP contribution in [0.1, 0.15) is 20.3 Å². The zero-order chi connectivity index (χ0) is 20.9. The van der Waals surface area contributed by atoms with Crippen LogP contribution in [0.2, 0.25) is 0 Å². The van der Waals surface area contributed by atoms with E-state index in [1.54, 1.807) is 31.2 Å². The van der Waals surface area contributed by atoms with Gasteiger partial charge in [0.1, 0.15) is 16.4 Å². The maximum absolute atomic E-state index is 12.9. The second kappa shape index (κ2) is 9.29. The van der Waals surface area contributed by atoms with Crippen molar-refractivity contribution in [1.82, 2.24) is 0 Å². The zero-order valence-corrected chi connectivity index (χ0v) is 18.5. The fraction of sp³-hybridized carbons (Fsp3) is 0.316. The SMILES string of the molecule is CCC(C)C(=O)Nc1ccc(OC)c(S(=O)(=O)Nc2ccc(OC)c(Br)c2)c1. The molecule has 2 aromatic carbocycles. The van der Waals surface area contributed by atoms with E-state index >= 15 is 0 Å². The molecule has 0 aliphatic heterocycles. The number of amides is 1. The second-order valence-electron chi connectivity index (χ2n) is 6.12. The van der Waals surface area contributed by atoms with Crippen LogP contribution < -0.4 is 19.5 Å². The van der Waals surface area contributed by atoms with Crippen molar-refractivity contribution in [1.29, 1.82) is 0 Å². The normalized spacial score (nSPS) is 12.2. The lowest BCUT2D eigenvalue weighted by molar-refractivity contribution is -0.119. The van der Waals surface area contributed by atoms with Crippen LogP contribution in [-0.2, 0) is 14.8 Å². The molecule has 0 heterocycles. The van der Waals surface area contributed by atoms with Gasteiger partial charge in [-0.05, 0) is 58.7 Å². The smallest absolute Gasteiger partial charge is 0.265 e. The molecule has 0 aliphatic rings. The van der Waals surface area contributed by atoms with Gasteiger partial charge in [0.05, 0.1) is 24.4 Å². The minimum Gasteiger partial charge on any atom is -0.496 e. The predicted octanol–water partition coefficient (Wildman–Crippen LogP) is 4.25. The predicted molar refractivity (Wildman–Crippen MR) is 113 cm³/mol. The third-order valence-corrected chi connectivity index (χ3v) is 6.21. The number of benzene rings is 2. The minimum absolute atomic E-state index is 0.0797.